The Hall–Kier alpha value is -4.16. The molecule has 43 heavy (non-hydrogen) atoms. The van der Waals surface area contributed by atoms with Crippen molar-refractivity contribution in [3.05, 3.63) is 41.9 Å². The molecular formula is C24H24F8N6O5. The van der Waals surface area contributed by atoms with E-state index in [4.69, 9.17) is 10.5 Å². The summed E-state index contributed by atoms with van der Waals surface area (Å²) in [4.78, 5) is 24.3. The Balaban J connectivity index is 1.31. The molecule has 19 heteroatoms. The van der Waals surface area contributed by atoms with Crippen LogP contribution in [0, 0.1) is 5.92 Å². The number of fused-ring (bicyclic) bond motifs is 1. The van der Waals surface area contributed by atoms with Crippen LogP contribution in [0.3, 0.4) is 0 Å². The number of primary amides is 1. The zero-order chi connectivity index (χ0) is 31.9. The highest BCUT2D eigenvalue weighted by atomic mass is 19.4. The monoisotopic (exact) mass is 628 g/mol. The second-order valence-corrected chi connectivity index (χ2v) is 10.1. The van der Waals surface area contributed by atoms with Crippen molar-refractivity contribution in [2.45, 2.75) is 62.8 Å². The van der Waals surface area contributed by atoms with E-state index in [9.17, 15) is 49.8 Å². The molecule has 11 nitrogen and oxygen atoms in total. The number of aliphatic hydroxyl groups is 1. The van der Waals surface area contributed by atoms with E-state index >= 15 is 0 Å². The molecule has 1 aliphatic carbocycles. The van der Waals surface area contributed by atoms with Gasteiger partial charge in [-0.05, 0) is 44.2 Å². The summed E-state index contributed by atoms with van der Waals surface area (Å²) in [5.74, 6) is -2.23. The zero-order valence-corrected chi connectivity index (χ0v) is 22.0. The van der Waals surface area contributed by atoms with Gasteiger partial charge in [-0.1, -0.05) is 0 Å². The van der Waals surface area contributed by atoms with Crippen LogP contribution in [0.4, 0.5) is 35.1 Å². The molecule has 1 fully saturated rings. The molecule has 236 valence electrons. The molecule has 0 aliphatic heterocycles. The first kappa shape index (κ1) is 31.8. The SMILES string of the molecule is C[C@@H](CC1CC(Oc2nn(C(F)F)cc2C(N)=O)C1)NC(=O)c1cnn2cc(OCC(O)(C(F)(F)F)C(F)(F)F)ccc12. The van der Waals surface area contributed by atoms with E-state index in [1.54, 1.807) is 6.92 Å². The summed E-state index contributed by atoms with van der Waals surface area (Å²) < 4.78 is 114. The summed E-state index contributed by atoms with van der Waals surface area (Å²) in [5.41, 5.74) is 0.0413. The maximum absolute atomic E-state index is 12.9. The molecule has 1 aliphatic rings. The van der Waals surface area contributed by atoms with Crippen LogP contribution in [0.5, 0.6) is 11.6 Å². The molecule has 0 spiro atoms. The van der Waals surface area contributed by atoms with E-state index in [-0.39, 0.29) is 39.2 Å². The summed E-state index contributed by atoms with van der Waals surface area (Å²) in [5, 5.41) is 19.4. The summed E-state index contributed by atoms with van der Waals surface area (Å²) in [7, 11) is 0. The molecule has 2 amide bonds. The fourth-order valence-electron chi connectivity index (χ4n) is 4.45. The van der Waals surface area contributed by atoms with Crippen molar-refractivity contribution < 1.29 is 59.3 Å². The molecule has 0 saturated heterocycles. The van der Waals surface area contributed by atoms with Crippen molar-refractivity contribution in [2.75, 3.05) is 6.61 Å². The van der Waals surface area contributed by atoms with Crippen LogP contribution in [-0.4, -0.2) is 73.0 Å². The molecular weight excluding hydrogens is 604 g/mol. The predicted octanol–water partition coefficient (Wildman–Crippen LogP) is 3.63. The van der Waals surface area contributed by atoms with Crippen LogP contribution < -0.4 is 20.5 Å². The van der Waals surface area contributed by atoms with E-state index in [2.05, 4.69) is 20.3 Å². The third-order valence-electron chi connectivity index (χ3n) is 6.82. The third-order valence-corrected chi connectivity index (χ3v) is 6.82. The number of hydrogen-bond acceptors (Lipinski definition) is 7. The quantitative estimate of drug-likeness (QED) is 0.275. The van der Waals surface area contributed by atoms with Gasteiger partial charge >= 0.3 is 18.9 Å². The number of pyridine rings is 1. The Labute approximate surface area is 236 Å². The number of hydrogen-bond donors (Lipinski definition) is 3. The topological polar surface area (TPSA) is 146 Å². The predicted molar refractivity (Wildman–Crippen MR) is 128 cm³/mol. The van der Waals surface area contributed by atoms with Crippen LogP contribution in [0.25, 0.3) is 5.52 Å². The minimum Gasteiger partial charge on any atom is -0.488 e. The lowest BCUT2D eigenvalue weighted by Crippen LogP contribution is -2.60. The van der Waals surface area contributed by atoms with Crippen molar-refractivity contribution in [3.8, 4) is 11.6 Å². The average molecular weight is 628 g/mol. The molecule has 4 rings (SSSR count). The first-order valence-corrected chi connectivity index (χ1v) is 12.5. The number of nitrogens with two attached hydrogens (primary N) is 1. The van der Waals surface area contributed by atoms with Gasteiger partial charge in [0.2, 0.25) is 5.88 Å². The van der Waals surface area contributed by atoms with E-state index in [1.165, 1.54) is 6.07 Å². The molecule has 0 unspecified atom stereocenters. The van der Waals surface area contributed by atoms with Crippen LogP contribution in [0.1, 0.15) is 53.5 Å². The van der Waals surface area contributed by atoms with Gasteiger partial charge in [0.05, 0.1) is 23.5 Å². The number of aromatic nitrogens is 4. The second kappa shape index (κ2) is 11.5. The van der Waals surface area contributed by atoms with Crippen molar-refractivity contribution in [1.29, 1.82) is 0 Å². The number of halogens is 8. The Morgan fingerprint density at radius 3 is 2.35 bits per heavy atom. The molecule has 4 N–H and O–H groups in total. The van der Waals surface area contributed by atoms with Gasteiger partial charge in [-0.2, -0.15) is 40.2 Å². The zero-order valence-electron chi connectivity index (χ0n) is 22.0. The minimum atomic E-state index is -6.05. The molecule has 1 atom stereocenters. The molecule has 0 radical (unpaired) electrons. The molecule has 0 bridgehead atoms. The maximum Gasteiger partial charge on any atom is 0.429 e. The molecule has 0 aromatic carbocycles. The van der Waals surface area contributed by atoms with E-state index < -0.39 is 54.8 Å². The highest BCUT2D eigenvalue weighted by molar-refractivity contribution is 6.00. The number of amides is 2. The first-order valence-electron chi connectivity index (χ1n) is 12.5. The standard InChI is InChI=1S/C24H24F8N6O5/c1-11(4-12-5-14(6-12)43-20-16(18(33)39)9-38(36-20)21(25)26)35-19(40)15-7-34-37-8-13(2-3-17(15)37)42-10-22(41,23(27,28)29)24(30,31)32/h2-3,7-9,11-12,14,21,41H,4-6,10H2,1H3,(H2,33,39)(H,35,40)/t11-,12?,14?/m0/s1. The van der Waals surface area contributed by atoms with Gasteiger partial charge in [0, 0.05) is 12.2 Å². The summed E-state index contributed by atoms with van der Waals surface area (Å²) in [6.45, 7) is -3.42. The Kier molecular flexibility index (Phi) is 8.49. The van der Waals surface area contributed by atoms with Crippen molar-refractivity contribution in [2.24, 2.45) is 11.7 Å². The van der Waals surface area contributed by atoms with Gasteiger partial charge in [-0.25, -0.2) is 9.20 Å². The number of carbonyl (C=O) groups excluding carboxylic acids is 2. The van der Waals surface area contributed by atoms with Crippen molar-refractivity contribution in [1.82, 2.24) is 24.7 Å². The highest BCUT2D eigenvalue weighted by Gasteiger charge is 2.71. The molecule has 1 saturated carbocycles. The molecule has 3 aromatic rings. The highest BCUT2D eigenvalue weighted by Crippen LogP contribution is 2.43. The summed E-state index contributed by atoms with van der Waals surface area (Å²) in [6.07, 6.45) is -8.16. The minimum absolute atomic E-state index is 0.0592. The van der Waals surface area contributed by atoms with Gasteiger partial charge < -0.3 is 25.6 Å². The largest absolute Gasteiger partial charge is 0.488 e. The van der Waals surface area contributed by atoms with E-state index in [0.717, 1.165) is 29.2 Å². The second-order valence-electron chi connectivity index (χ2n) is 10.1. The van der Waals surface area contributed by atoms with Gasteiger partial charge in [-0.3, -0.25) is 9.59 Å². The van der Waals surface area contributed by atoms with Gasteiger partial charge in [0.25, 0.3) is 17.4 Å². The van der Waals surface area contributed by atoms with Crippen molar-refractivity contribution >= 4 is 17.3 Å². The number of alkyl halides is 8. The smallest absolute Gasteiger partial charge is 0.429 e. The van der Waals surface area contributed by atoms with E-state index in [0.29, 0.717) is 19.3 Å². The summed E-state index contributed by atoms with van der Waals surface area (Å²) in [6, 6.07) is 1.86. The van der Waals surface area contributed by atoms with Gasteiger partial charge in [0.15, 0.2) is 0 Å². The van der Waals surface area contributed by atoms with Crippen LogP contribution in [0.15, 0.2) is 30.7 Å². The lowest BCUT2D eigenvalue weighted by atomic mass is 9.78. The lowest BCUT2D eigenvalue weighted by Gasteiger charge is -2.36. The Bertz CT molecular complexity index is 1470. The van der Waals surface area contributed by atoms with Gasteiger partial charge in [0.1, 0.15) is 24.0 Å². The molecule has 3 heterocycles. The maximum atomic E-state index is 12.9. The fraction of sp³-hybridized carbons (Fsp3) is 0.500. The first-order chi connectivity index (χ1) is 19.9. The Morgan fingerprint density at radius 1 is 1.12 bits per heavy atom. The van der Waals surface area contributed by atoms with Crippen LogP contribution >= 0.6 is 0 Å². The number of nitrogens with one attached hydrogen (secondary N) is 1. The normalized spacial score (nSPS) is 18.4. The van der Waals surface area contributed by atoms with Crippen LogP contribution in [-0.2, 0) is 0 Å². The Morgan fingerprint density at radius 2 is 1.77 bits per heavy atom. The van der Waals surface area contributed by atoms with Crippen molar-refractivity contribution in [3.63, 3.8) is 0 Å². The van der Waals surface area contributed by atoms with Gasteiger partial charge in [-0.15, -0.1) is 5.10 Å². The van der Waals surface area contributed by atoms with E-state index in [1.807, 2.05) is 0 Å². The number of nitrogens with zero attached hydrogens (tertiary/aromatic N) is 4. The van der Waals surface area contributed by atoms with Crippen LogP contribution in [0.2, 0.25) is 0 Å². The third kappa shape index (κ3) is 6.60. The average Bonchev–Trinajstić information content (AvgIpc) is 3.49. The fourth-order valence-corrected chi connectivity index (χ4v) is 4.45. The lowest BCUT2D eigenvalue weighted by molar-refractivity contribution is -0.373. The summed E-state index contributed by atoms with van der Waals surface area (Å²) >= 11 is 0. The molecule has 3 aromatic heterocycles. The number of carbonyl (C=O) groups is 2. The number of ether oxygens (including phenoxy) is 2. The number of rotatable bonds is 11.